The third-order valence-electron chi connectivity index (χ3n) is 5.28. The quantitative estimate of drug-likeness (QED) is 0.470. The molecule has 0 saturated carbocycles. The Balaban J connectivity index is 1.50. The molecule has 0 atom stereocenters. The summed E-state index contributed by atoms with van der Waals surface area (Å²) in [4.78, 5) is 14.3. The molecule has 2 aromatic carbocycles. The van der Waals surface area contributed by atoms with E-state index in [9.17, 15) is 0 Å². The molecule has 5 rings (SSSR count). The van der Waals surface area contributed by atoms with Crippen molar-refractivity contribution in [2.24, 2.45) is 7.05 Å². The zero-order chi connectivity index (χ0) is 19.1. The lowest BCUT2D eigenvalue weighted by Crippen LogP contribution is -2.02. The van der Waals surface area contributed by atoms with Crippen molar-refractivity contribution in [1.82, 2.24) is 19.5 Å². The predicted molar refractivity (Wildman–Crippen MR) is 112 cm³/mol. The van der Waals surface area contributed by atoms with Crippen LogP contribution in [0.1, 0.15) is 11.5 Å². The number of benzene rings is 2. The van der Waals surface area contributed by atoms with Gasteiger partial charge in [0.05, 0.1) is 18.1 Å². The van der Waals surface area contributed by atoms with E-state index in [1.165, 1.54) is 0 Å². The standard InChI is InChI=1S/C23H20N4O/c1-27-18-12-9-16-6-4-14-24-22(16)23(18)26-20(27)13-11-17-10-8-15-5-3-7-19(28-2)21(15)25-17/h3-10,12,14H,11,13H2,1-2H3. The van der Waals surface area contributed by atoms with Crippen LogP contribution in [0.4, 0.5) is 0 Å². The second-order valence-corrected chi connectivity index (χ2v) is 6.93. The molecule has 0 aliphatic carbocycles. The lowest BCUT2D eigenvalue weighted by atomic mass is 10.1. The summed E-state index contributed by atoms with van der Waals surface area (Å²) >= 11 is 0. The van der Waals surface area contributed by atoms with Crippen LogP contribution >= 0.6 is 0 Å². The number of pyridine rings is 2. The number of fused-ring (bicyclic) bond motifs is 4. The number of imidazole rings is 1. The van der Waals surface area contributed by atoms with Gasteiger partial charge in [0.1, 0.15) is 22.6 Å². The lowest BCUT2D eigenvalue weighted by molar-refractivity contribution is 0.419. The van der Waals surface area contributed by atoms with Crippen molar-refractivity contribution >= 4 is 32.8 Å². The van der Waals surface area contributed by atoms with Gasteiger partial charge < -0.3 is 9.30 Å². The predicted octanol–water partition coefficient (Wildman–Crippen LogP) is 4.46. The Morgan fingerprint density at radius 2 is 1.64 bits per heavy atom. The molecule has 0 aliphatic rings. The van der Waals surface area contributed by atoms with E-state index < -0.39 is 0 Å². The average Bonchev–Trinajstić information content (AvgIpc) is 3.07. The zero-order valence-electron chi connectivity index (χ0n) is 15.9. The van der Waals surface area contributed by atoms with Crippen LogP contribution in [0.3, 0.4) is 0 Å². The van der Waals surface area contributed by atoms with Crippen molar-refractivity contribution < 1.29 is 4.74 Å². The normalized spacial score (nSPS) is 11.5. The van der Waals surface area contributed by atoms with Gasteiger partial charge in [0.2, 0.25) is 0 Å². The number of hydrogen-bond acceptors (Lipinski definition) is 4. The molecule has 0 bridgehead atoms. The van der Waals surface area contributed by atoms with Crippen LogP contribution in [-0.4, -0.2) is 26.6 Å². The van der Waals surface area contributed by atoms with Crippen LogP contribution in [0.5, 0.6) is 5.75 Å². The fraction of sp³-hybridized carbons (Fsp3) is 0.174. The maximum Gasteiger partial charge on any atom is 0.145 e. The summed E-state index contributed by atoms with van der Waals surface area (Å²) in [5, 5.41) is 2.20. The van der Waals surface area contributed by atoms with Gasteiger partial charge >= 0.3 is 0 Å². The van der Waals surface area contributed by atoms with Crippen molar-refractivity contribution in [3.8, 4) is 5.75 Å². The number of nitrogens with zero attached hydrogens (tertiary/aromatic N) is 4. The van der Waals surface area contributed by atoms with E-state index >= 15 is 0 Å². The SMILES string of the molecule is COc1cccc2ccc(CCc3nc4c5ncccc5ccc4n3C)nc12. The first-order valence-corrected chi connectivity index (χ1v) is 9.36. The summed E-state index contributed by atoms with van der Waals surface area (Å²) in [7, 11) is 3.75. The first-order chi connectivity index (χ1) is 13.7. The van der Waals surface area contributed by atoms with Crippen molar-refractivity contribution in [3.05, 3.63) is 72.3 Å². The molecule has 3 aromatic heterocycles. The molecule has 0 unspecified atom stereocenters. The van der Waals surface area contributed by atoms with Gasteiger partial charge in [-0.3, -0.25) is 4.98 Å². The summed E-state index contributed by atoms with van der Waals surface area (Å²) < 4.78 is 7.62. The first kappa shape index (κ1) is 16.7. The molecule has 5 nitrogen and oxygen atoms in total. The van der Waals surface area contributed by atoms with Gasteiger partial charge in [-0.1, -0.05) is 30.3 Å². The van der Waals surface area contributed by atoms with Crippen LogP contribution in [0, 0.1) is 0 Å². The number of para-hydroxylation sites is 1. The molecular formula is C23H20N4O. The summed E-state index contributed by atoms with van der Waals surface area (Å²) in [5.74, 6) is 1.84. The van der Waals surface area contributed by atoms with Crippen molar-refractivity contribution in [2.75, 3.05) is 7.11 Å². The van der Waals surface area contributed by atoms with Crippen molar-refractivity contribution in [2.45, 2.75) is 12.8 Å². The summed E-state index contributed by atoms with van der Waals surface area (Å²) in [6, 6.07) is 18.4. The van der Waals surface area contributed by atoms with Crippen LogP contribution in [0.25, 0.3) is 32.8 Å². The molecule has 0 radical (unpaired) electrons. The smallest absolute Gasteiger partial charge is 0.145 e. The molecule has 0 aliphatic heterocycles. The molecule has 0 saturated heterocycles. The van der Waals surface area contributed by atoms with Crippen molar-refractivity contribution in [1.29, 1.82) is 0 Å². The van der Waals surface area contributed by atoms with Gasteiger partial charge in [-0.15, -0.1) is 0 Å². The van der Waals surface area contributed by atoms with Gasteiger partial charge in [0.15, 0.2) is 0 Å². The summed E-state index contributed by atoms with van der Waals surface area (Å²) in [6.07, 6.45) is 3.45. The number of aryl methyl sites for hydroxylation is 3. The van der Waals surface area contributed by atoms with Gasteiger partial charge in [0.25, 0.3) is 0 Å². The van der Waals surface area contributed by atoms with E-state index in [0.717, 1.165) is 62.9 Å². The lowest BCUT2D eigenvalue weighted by Gasteiger charge is -2.07. The van der Waals surface area contributed by atoms with E-state index in [2.05, 4.69) is 53.0 Å². The van der Waals surface area contributed by atoms with Crippen LogP contribution in [-0.2, 0) is 19.9 Å². The Labute approximate surface area is 162 Å². The average molecular weight is 368 g/mol. The van der Waals surface area contributed by atoms with Crippen LogP contribution in [0.2, 0.25) is 0 Å². The first-order valence-electron chi connectivity index (χ1n) is 9.36. The van der Waals surface area contributed by atoms with Gasteiger partial charge in [-0.05, 0) is 30.7 Å². The fourth-order valence-electron chi connectivity index (χ4n) is 3.77. The maximum atomic E-state index is 5.46. The van der Waals surface area contributed by atoms with Crippen molar-refractivity contribution in [3.63, 3.8) is 0 Å². The molecule has 0 fully saturated rings. The highest BCUT2D eigenvalue weighted by Gasteiger charge is 2.12. The van der Waals surface area contributed by atoms with E-state index in [0.29, 0.717) is 0 Å². The Kier molecular flexibility index (Phi) is 3.93. The second kappa shape index (κ2) is 6.60. The van der Waals surface area contributed by atoms with Gasteiger partial charge in [-0.2, -0.15) is 0 Å². The number of hydrogen-bond donors (Lipinski definition) is 0. The third-order valence-corrected chi connectivity index (χ3v) is 5.28. The molecule has 138 valence electrons. The highest BCUT2D eigenvalue weighted by Crippen LogP contribution is 2.25. The number of ether oxygens (including phenoxy) is 1. The number of aromatic nitrogens is 4. The minimum Gasteiger partial charge on any atom is -0.494 e. The minimum absolute atomic E-state index is 0.805. The highest BCUT2D eigenvalue weighted by atomic mass is 16.5. The van der Waals surface area contributed by atoms with E-state index in [1.807, 2.05) is 24.4 Å². The van der Waals surface area contributed by atoms with E-state index in [4.69, 9.17) is 14.7 Å². The summed E-state index contributed by atoms with van der Waals surface area (Å²) in [6.45, 7) is 0. The van der Waals surface area contributed by atoms with E-state index in [1.54, 1.807) is 7.11 Å². The molecule has 28 heavy (non-hydrogen) atoms. The molecule has 5 aromatic rings. The molecule has 0 N–H and O–H groups in total. The van der Waals surface area contributed by atoms with E-state index in [-0.39, 0.29) is 0 Å². The third kappa shape index (κ3) is 2.67. The molecule has 0 spiro atoms. The minimum atomic E-state index is 0.805. The highest BCUT2D eigenvalue weighted by molar-refractivity contribution is 6.01. The Hall–Kier alpha value is -3.47. The van der Waals surface area contributed by atoms with Crippen LogP contribution < -0.4 is 4.74 Å². The van der Waals surface area contributed by atoms with Gasteiger partial charge in [-0.25, -0.2) is 9.97 Å². The maximum absolute atomic E-state index is 5.46. The number of rotatable bonds is 4. The van der Waals surface area contributed by atoms with Crippen LogP contribution in [0.15, 0.2) is 60.8 Å². The summed E-state index contributed by atoms with van der Waals surface area (Å²) in [5.41, 5.74) is 4.96. The molecular weight excluding hydrogens is 348 g/mol. The second-order valence-electron chi connectivity index (χ2n) is 6.93. The molecule has 5 heteroatoms. The molecule has 0 amide bonds. The van der Waals surface area contributed by atoms with Gasteiger partial charge in [0, 0.05) is 36.1 Å². The fourth-order valence-corrected chi connectivity index (χ4v) is 3.77. The largest absolute Gasteiger partial charge is 0.494 e. The zero-order valence-corrected chi connectivity index (χ0v) is 15.9. The Bertz CT molecular complexity index is 1320. The Morgan fingerprint density at radius 3 is 2.54 bits per heavy atom. The topological polar surface area (TPSA) is 52.8 Å². The number of methoxy groups -OCH3 is 1. The Morgan fingerprint density at radius 1 is 0.821 bits per heavy atom. The monoisotopic (exact) mass is 368 g/mol. The molecule has 3 heterocycles.